The summed E-state index contributed by atoms with van der Waals surface area (Å²) < 4.78 is 8.65. The van der Waals surface area contributed by atoms with Gasteiger partial charge in [0.15, 0.2) is 9.76 Å². The normalized spacial score (nSPS) is 23.8. The highest BCUT2D eigenvalue weighted by Gasteiger charge is 2.33. The SMILES string of the molecule is CC(C)(C)O[SiH2]CN1CCC[Si]1(C)C. The second kappa shape index (κ2) is 4.47. The highest BCUT2D eigenvalue weighted by atomic mass is 28.3. The molecule has 1 aliphatic heterocycles. The lowest BCUT2D eigenvalue weighted by Crippen LogP contribution is -2.46. The van der Waals surface area contributed by atoms with E-state index in [9.17, 15) is 0 Å². The van der Waals surface area contributed by atoms with Crippen LogP contribution in [0.2, 0.25) is 19.1 Å². The van der Waals surface area contributed by atoms with Crippen molar-refractivity contribution in [2.45, 2.75) is 51.9 Å². The van der Waals surface area contributed by atoms with E-state index in [-0.39, 0.29) is 15.4 Å². The van der Waals surface area contributed by atoms with Crippen molar-refractivity contribution in [2.24, 2.45) is 0 Å². The van der Waals surface area contributed by atoms with E-state index in [0.29, 0.717) is 0 Å². The molecule has 0 aromatic heterocycles. The Morgan fingerprint density at radius 2 is 2.00 bits per heavy atom. The Morgan fingerprint density at radius 3 is 2.43 bits per heavy atom. The van der Waals surface area contributed by atoms with E-state index in [1.807, 2.05) is 0 Å². The Balaban J connectivity index is 2.25. The minimum absolute atomic E-state index is 0.0810. The fraction of sp³-hybridized carbons (Fsp3) is 1.00. The summed E-state index contributed by atoms with van der Waals surface area (Å²) in [6, 6.07) is 1.48. The van der Waals surface area contributed by atoms with Crippen LogP contribution in [0.4, 0.5) is 0 Å². The molecule has 1 heterocycles. The van der Waals surface area contributed by atoms with Crippen LogP contribution in [0.25, 0.3) is 0 Å². The van der Waals surface area contributed by atoms with Crippen LogP contribution in [-0.4, -0.2) is 40.9 Å². The smallest absolute Gasteiger partial charge is 0.175 e. The first-order valence-electron chi connectivity index (χ1n) is 5.70. The van der Waals surface area contributed by atoms with Gasteiger partial charge >= 0.3 is 0 Å². The summed E-state index contributed by atoms with van der Waals surface area (Å²) >= 11 is 0. The molecule has 2 nitrogen and oxygen atoms in total. The van der Waals surface area contributed by atoms with Gasteiger partial charge in [-0.3, -0.25) is 0 Å². The summed E-state index contributed by atoms with van der Waals surface area (Å²) in [7, 11) is -1.31. The molecule has 84 valence electrons. The van der Waals surface area contributed by atoms with Crippen LogP contribution < -0.4 is 0 Å². The van der Waals surface area contributed by atoms with Gasteiger partial charge in [0.05, 0.1) is 0 Å². The van der Waals surface area contributed by atoms with E-state index in [4.69, 9.17) is 4.43 Å². The van der Waals surface area contributed by atoms with Gasteiger partial charge in [0.25, 0.3) is 0 Å². The van der Waals surface area contributed by atoms with Crippen LogP contribution in [0.15, 0.2) is 0 Å². The first kappa shape index (κ1) is 12.4. The molecule has 0 saturated carbocycles. The predicted octanol–water partition coefficient (Wildman–Crippen LogP) is 1.75. The topological polar surface area (TPSA) is 12.5 Å². The maximum absolute atomic E-state index is 5.90. The van der Waals surface area contributed by atoms with Gasteiger partial charge in [-0.15, -0.1) is 0 Å². The molecule has 1 fully saturated rings. The second-order valence-electron chi connectivity index (χ2n) is 5.86. The van der Waals surface area contributed by atoms with Gasteiger partial charge < -0.3 is 8.99 Å². The van der Waals surface area contributed by atoms with Gasteiger partial charge in [0.2, 0.25) is 0 Å². The standard InChI is InChI=1S/C10H25NOSi2/c1-10(2,3)12-13-9-11-7-6-8-14(11,4)5/h6-9,13H2,1-5H3. The zero-order valence-corrected chi connectivity index (χ0v) is 12.8. The molecule has 14 heavy (non-hydrogen) atoms. The van der Waals surface area contributed by atoms with Crippen molar-refractivity contribution in [3.63, 3.8) is 0 Å². The fourth-order valence-corrected chi connectivity index (χ4v) is 7.99. The summed E-state index contributed by atoms with van der Waals surface area (Å²) in [6.45, 7) is 12.8. The van der Waals surface area contributed by atoms with Crippen molar-refractivity contribution in [1.29, 1.82) is 0 Å². The highest BCUT2D eigenvalue weighted by Crippen LogP contribution is 2.24. The van der Waals surface area contributed by atoms with Crippen molar-refractivity contribution in [2.75, 3.05) is 12.7 Å². The van der Waals surface area contributed by atoms with E-state index >= 15 is 0 Å². The molecule has 0 spiro atoms. The summed E-state index contributed by atoms with van der Waals surface area (Å²) in [5.74, 6) is 0. The fourth-order valence-electron chi connectivity index (χ4n) is 2.04. The first-order valence-corrected chi connectivity index (χ1v) is 10.4. The number of hydrogen-bond acceptors (Lipinski definition) is 2. The second-order valence-corrected chi connectivity index (χ2v) is 11.8. The van der Waals surface area contributed by atoms with Gasteiger partial charge in [-0.05, 0) is 39.8 Å². The van der Waals surface area contributed by atoms with Crippen LogP contribution >= 0.6 is 0 Å². The lowest BCUT2D eigenvalue weighted by molar-refractivity contribution is 0.135. The first-order chi connectivity index (χ1) is 6.31. The molecule has 1 aliphatic rings. The summed E-state index contributed by atoms with van der Waals surface area (Å²) in [5.41, 5.74) is 0.0810. The Morgan fingerprint density at radius 1 is 1.36 bits per heavy atom. The van der Waals surface area contributed by atoms with Crippen LogP contribution in [-0.2, 0) is 4.43 Å². The molecule has 0 atom stereocenters. The highest BCUT2D eigenvalue weighted by molar-refractivity contribution is 6.75. The number of nitrogens with zero attached hydrogens (tertiary/aromatic N) is 1. The lowest BCUT2D eigenvalue weighted by Gasteiger charge is -2.30. The van der Waals surface area contributed by atoms with Gasteiger partial charge in [-0.2, -0.15) is 0 Å². The van der Waals surface area contributed by atoms with Crippen LogP contribution in [0.3, 0.4) is 0 Å². The quantitative estimate of drug-likeness (QED) is 0.686. The van der Waals surface area contributed by atoms with E-state index in [0.717, 1.165) is 0 Å². The van der Waals surface area contributed by atoms with Gasteiger partial charge in [0.1, 0.15) is 8.24 Å². The Bertz CT molecular complexity index is 189. The molecule has 1 rings (SSSR count). The van der Waals surface area contributed by atoms with Crippen LogP contribution in [0, 0.1) is 0 Å². The minimum Gasteiger partial charge on any atom is -0.418 e. The molecule has 0 bridgehead atoms. The van der Waals surface area contributed by atoms with Crippen LogP contribution in [0.5, 0.6) is 0 Å². The van der Waals surface area contributed by atoms with Crippen molar-refractivity contribution in [1.82, 2.24) is 4.57 Å². The van der Waals surface area contributed by atoms with Crippen molar-refractivity contribution in [3.8, 4) is 0 Å². The Labute approximate surface area is 92.0 Å². The van der Waals surface area contributed by atoms with Crippen LogP contribution in [0.1, 0.15) is 27.2 Å². The molecule has 0 aromatic rings. The minimum atomic E-state index is -0.978. The average molecular weight is 231 g/mol. The van der Waals surface area contributed by atoms with Gasteiger partial charge in [-0.1, -0.05) is 13.1 Å². The van der Waals surface area contributed by atoms with E-state index in [2.05, 4.69) is 38.4 Å². The zero-order valence-electron chi connectivity index (χ0n) is 10.4. The van der Waals surface area contributed by atoms with Gasteiger partial charge in [0, 0.05) is 11.8 Å². The molecule has 1 saturated heterocycles. The predicted molar refractivity (Wildman–Crippen MR) is 67.9 cm³/mol. The lowest BCUT2D eigenvalue weighted by atomic mass is 10.2. The average Bonchev–Trinajstić information content (AvgIpc) is 2.28. The maximum atomic E-state index is 5.90. The summed E-state index contributed by atoms with van der Waals surface area (Å²) in [5, 5.41) is 0. The zero-order chi connectivity index (χ0) is 10.8. The van der Waals surface area contributed by atoms with E-state index < -0.39 is 8.24 Å². The maximum Gasteiger partial charge on any atom is 0.175 e. The number of hydrogen-bond donors (Lipinski definition) is 0. The molecule has 0 aromatic carbocycles. The third-order valence-electron chi connectivity index (χ3n) is 2.97. The molecular formula is C10H25NOSi2. The molecule has 4 heteroatoms. The van der Waals surface area contributed by atoms with Crippen molar-refractivity contribution >= 4 is 18.0 Å². The molecule has 0 aliphatic carbocycles. The third kappa shape index (κ3) is 3.84. The molecule has 0 unspecified atom stereocenters. The van der Waals surface area contributed by atoms with E-state index in [1.165, 1.54) is 25.2 Å². The molecule has 0 amide bonds. The monoisotopic (exact) mass is 231 g/mol. The summed E-state index contributed by atoms with van der Waals surface area (Å²) in [6.07, 6.45) is 2.69. The van der Waals surface area contributed by atoms with Crippen molar-refractivity contribution in [3.05, 3.63) is 0 Å². The van der Waals surface area contributed by atoms with E-state index in [1.54, 1.807) is 0 Å². The molecule has 0 N–H and O–H groups in total. The Hall–Kier alpha value is 0.354. The summed E-state index contributed by atoms with van der Waals surface area (Å²) in [4.78, 5) is 0. The Kier molecular flexibility index (Phi) is 3.97. The third-order valence-corrected chi connectivity index (χ3v) is 8.95. The largest absolute Gasteiger partial charge is 0.418 e. The van der Waals surface area contributed by atoms with Crippen molar-refractivity contribution < 1.29 is 4.43 Å². The molecule has 0 radical (unpaired) electrons. The number of rotatable bonds is 3. The molecular weight excluding hydrogens is 206 g/mol. The van der Waals surface area contributed by atoms with Gasteiger partial charge in [-0.25, -0.2) is 0 Å².